The number of aliphatic hydroxyl groups is 1. The highest BCUT2D eigenvalue weighted by molar-refractivity contribution is 5.84. The number of amides is 1. The standard InChI is InChI=1S/C9H14F4N2O2/c10-7(11)9(12,13)8(17)15-3-1-14(2-4-15)5-6-16/h7,16H,1-6H2. The van der Waals surface area contributed by atoms with Crippen LogP contribution in [-0.2, 0) is 4.79 Å². The Balaban J connectivity index is 2.51. The minimum atomic E-state index is -4.61. The highest BCUT2D eigenvalue weighted by Crippen LogP contribution is 2.25. The summed E-state index contributed by atoms with van der Waals surface area (Å²) >= 11 is 0. The zero-order valence-corrected chi connectivity index (χ0v) is 9.08. The van der Waals surface area contributed by atoms with Gasteiger partial charge in [-0.25, -0.2) is 8.78 Å². The number of carbonyl (C=O) groups is 1. The summed E-state index contributed by atoms with van der Waals surface area (Å²) in [5, 5.41) is 8.65. The number of carbonyl (C=O) groups excluding carboxylic acids is 1. The first-order valence-electron chi connectivity index (χ1n) is 5.18. The van der Waals surface area contributed by atoms with Crippen molar-refractivity contribution in [3.05, 3.63) is 0 Å². The van der Waals surface area contributed by atoms with Crippen LogP contribution < -0.4 is 0 Å². The van der Waals surface area contributed by atoms with E-state index in [1.165, 1.54) is 0 Å². The molecular formula is C9H14F4N2O2. The van der Waals surface area contributed by atoms with E-state index in [1.807, 2.05) is 0 Å². The number of β-amino-alcohol motifs (C(OH)–C–C–N with tert-alkyl or cyclic N) is 1. The first-order valence-corrected chi connectivity index (χ1v) is 5.18. The maximum Gasteiger partial charge on any atom is 0.383 e. The third-order valence-corrected chi connectivity index (χ3v) is 2.63. The molecule has 0 aromatic rings. The van der Waals surface area contributed by atoms with Crippen LogP contribution in [0.3, 0.4) is 0 Å². The fourth-order valence-corrected chi connectivity index (χ4v) is 1.62. The predicted molar refractivity (Wildman–Crippen MR) is 51.1 cm³/mol. The van der Waals surface area contributed by atoms with Crippen molar-refractivity contribution in [1.82, 2.24) is 9.80 Å². The average molecular weight is 258 g/mol. The molecule has 0 unspecified atom stereocenters. The average Bonchev–Trinajstić information content (AvgIpc) is 2.29. The van der Waals surface area contributed by atoms with Crippen LogP contribution in [0.1, 0.15) is 0 Å². The molecule has 1 saturated heterocycles. The smallest absolute Gasteiger partial charge is 0.383 e. The minimum Gasteiger partial charge on any atom is -0.395 e. The lowest BCUT2D eigenvalue weighted by atomic mass is 10.2. The summed E-state index contributed by atoms with van der Waals surface area (Å²) in [6.45, 7) is 0.855. The molecule has 0 aliphatic carbocycles. The van der Waals surface area contributed by atoms with Crippen LogP contribution in [0.2, 0.25) is 0 Å². The molecule has 17 heavy (non-hydrogen) atoms. The van der Waals surface area contributed by atoms with E-state index in [-0.39, 0.29) is 19.7 Å². The predicted octanol–water partition coefficient (Wildman–Crippen LogP) is 0.0233. The van der Waals surface area contributed by atoms with Gasteiger partial charge in [0.25, 0.3) is 5.91 Å². The zero-order valence-electron chi connectivity index (χ0n) is 9.08. The van der Waals surface area contributed by atoms with Crippen LogP contribution >= 0.6 is 0 Å². The van der Waals surface area contributed by atoms with Crippen molar-refractivity contribution in [2.24, 2.45) is 0 Å². The lowest BCUT2D eigenvalue weighted by Gasteiger charge is -2.35. The van der Waals surface area contributed by atoms with Gasteiger partial charge in [-0.15, -0.1) is 0 Å². The Hall–Kier alpha value is -0.890. The molecular weight excluding hydrogens is 244 g/mol. The van der Waals surface area contributed by atoms with Gasteiger partial charge in [-0.05, 0) is 0 Å². The van der Waals surface area contributed by atoms with Gasteiger partial charge in [0.1, 0.15) is 0 Å². The monoisotopic (exact) mass is 258 g/mol. The Morgan fingerprint density at radius 3 is 2.18 bits per heavy atom. The third-order valence-electron chi connectivity index (χ3n) is 2.63. The van der Waals surface area contributed by atoms with Crippen LogP contribution in [0.4, 0.5) is 17.6 Å². The van der Waals surface area contributed by atoms with E-state index < -0.39 is 18.3 Å². The third kappa shape index (κ3) is 3.29. The van der Waals surface area contributed by atoms with Crippen LogP contribution in [-0.4, -0.2) is 72.5 Å². The molecule has 0 spiro atoms. The van der Waals surface area contributed by atoms with Gasteiger partial charge in [0.2, 0.25) is 0 Å². The molecule has 0 aromatic heterocycles. The van der Waals surface area contributed by atoms with Gasteiger partial charge in [0.05, 0.1) is 6.61 Å². The number of alkyl halides is 4. The first-order chi connectivity index (χ1) is 7.89. The number of rotatable bonds is 4. The van der Waals surface area contributed by atoms with Crippen molar-refractivity contribution in [1.29, 1.82) is 0 Å². The number of aliphatic hydroxyl groups excluding tert-OH is 1. The number of halogens is 4. The summed E-state index contributed by atoms with van der Waals surface area (Å²) in [5.41, 5.74) is 0. The van der Waals surface area contributed by atoms with E-state index in [0.29, 0.717) is 19.6 Å². The van der Waals surface area contributed by atoms with Crippen LogP contribution in [0.25, 0.3) is 0 Å². The number of piperazine rings is 1. The van der Waals surface area contributed by atoms with Gasteiger partial charge in [-0.3, -0.25) is 9.69 Å². The summed E-state index contributed by atoms with van der Waals surface area (Å²) in [4.78, 5) is 13.7. The summed E-state index contributed by atoms with van der Waals surface area (Å²) in [7, 11) is 0. The minimum absolute atomic E-state index is 0.0266. The lowest BCUT2D eigenvalue weighted by molar-refractivity contribution is -0.182. The first kappa shape index (κ1) is 14.2. The number of hydrogen-bond acceptors (Lipinski definition) is 3. The van der Waals surface area contributed by atoms with E-state index in [0.717, 1.165) is 4.90 Å². The zero-order chi connectivity index (χ0) is 13.1. The maximum atomic E-state index is 12.8. The van der Waals surface area contributed by atoms with E-state index >= 15 is 0 Å². The highest BCUT2D eigenvalue weighted by atomic mass is 19.3. The van der Waals surface area contributed by atoms with Crippen molar-refractivity contribution in [2.75, 3.05) is 39.3 Å². The second-order valence-corrected chi connectivity index (χ2v) is 3.78. The topological polar surface area (TPSA) is 43.8 Å². The molecule has 0 bridgehead atoms. The molecule has 1 N–H and O–H groups in total. The molecule has 8 heteroatoms. The van der Waals surface area contributed by atoms with Gasteiger partial charge in [0.15, 0.2) is 0 Å². The van der Waals surface area contributed by atoms with Crippen molar-refractivity contribution in [3.63, 3.8) is 0 Å². The highest BCUT2D eigenvalue weighted by Gasteiger charge is 2.51. The molecule has 1 aliphatic rings. The summed E-state index contributed by atoms with van der Waals surface area (Å²) in [6, 6.07) is 0. The molecule has 0 radical (unpaired) electrons. The maximum absolute atomic E-state index is 12.8. The van der Waals surface area contributed by atoms with Gasteiger partial charge >= 0.3 is 12.3 Å². The molecule has 1 rings (SSSR count). The van der Waals surface area contributed by atoms with Crippen molar-refractivity contribution in [3.8, 4) is 0 Å². The fourth-order valence-electron chi connectivity index (χ4n) is 1.62. The molecule has 0 atom stereocenters. The van der Waals surface area contributed by atoms with Crippen LogP contribution in [0.5, 0.6) is 0 Å². The molecule has 1 fully saturated rings. The number of nitrogens with zero attached hydrogens (tertiary/aromatic N) is 2. The lowest BCUT2D eigenvalue weighted by Crippen LogP contribution is -2.55. The Morgan fingerprint density at radius 2 is 1.76 bits per heavy atom. The summed E-state index contributed by atoms with van der Waals surface area (Å²) < 4.78 is 49.5. The van der Waals surface area contributed by atoms with E-state index in [9.17, 15) is 22.4 Å². The molecule has 100 valence electrons. The van der Waals surface area contributed by atoms with Gasteiger partial charge in [-0.2, -0.15) is 8.78 Å². The van der Waals surface area contributed by atoms with Crippen molar-refractivity contribution >= 4 is 5.91 Å². The largest absolute Gasteiger partial charge is 0.395 e. The quantitative estimate of drug-likeness (QED) is 0.723. The van der Waals surface area contributed by atoms with Gasteiger partial charge in [0, 0.05) is 32.7 Å². The van der Waals surface area contributed by atoms with Crippen LogP contribution in [0, 0.1) is 0 Å². The fraction of sp³-hybridized carbons (Fsp3) is 0.889. The second kappa shape index (κ2) is 5.63. The van der Waals surface area contributed by atoms with Crippen molar-refractivity contribution < 1.29 is 27.5 Å². The van der Waals surface area contributed by atoms with E-state index in [2.05, 4.69) is 0 Å². The molecule has 1 aliphatic heterocycles. The molecule has 1 heterocycles. The molecule has 4 nitrogen and oxygen atoms in total. The molecule has 0 aromatic carbocycles. The Bertz CT molecular complexity index is 268. The van der Waals surface area contributed by atoms with Gasteiger partial charge in [-0.1, -0.05) is 0 Å². The summed E-state index contributed by atoms with van der Waals surface area (Å²) in [5.74, 6) is -6.43. The normalized spacial score (nSPS) is 18.8. The molecule has 1 amide bonds. The van der Waals surface area contributed by atoms with Crippen molar-refractivity contribution in [2.45, 2.75) is 12.3 Å². The number of hydrogen-bond donors (Lipinski definition) is 1. The second-order valence-electron chi connectivity index (χ2n) is 3.78. The van der Waals surface area contributed by atoms with E-state index in [4.69, 9.17) is 5.11 Å². The van der Waals surface area contributed by atoms with E-state index in [1.54, 1.807) is 4.90 Å². The Morgan fingerprint density at radius 1 is 1.24 bits per heavy atom. The molecule has 0 saturated carbocycles. The Kier molecular flexibility index (Phi) is 4.70. The summed E-state index contributed by atoms with van der Waals surface area (Å²) in [6.07, 6.45) is -3.98. The Labute approximate surface area is 95.8 Å². The van der Waals surface area contributed by atoms with Crippen LogP contribution in [0.15, 0.2) is 0 Å². The SMILES string of the molecule is O=C(N1CCN(CCO)CC1)C(F)(F)C(F)F. The van der Waals surface area contributed by atoms with Gasteiger partial charge < -0.3 is 10.0 Å².